The van der Waals surface area contributed by atoms with E-state index in [1.165, 1.54) is 29.2 Å². The first-order valence-corrected chi connectivity index (χ1v) is 9.23. The number of hydrogen-bond acceptors (Lipinski definition) is 4. The number of benzene rings is 1. The number of amides is 3. The molecule has 1 aromatic heterocycles. The van der Waals surface area contributed by atoms with Gasteiger partial charge in [-0.1, -0.05) is 11.6 Å². The van der Waals surface area contributed by atoms with Gasteiger partial charge in [-0.25, -0.2) is 14.7 Å². The van der Waals surface area contributed by atoms with E-state index in [1.54, 1.807) is 26.0 Å². The van der Waals surface area contributed by atoms with E-state index in [0.29, 0.717) is 5.56 Å². The van der Waals surface area contributed by atoms with Crippen molar-refractivity contribution in [3.05, 3.63) is 53.3 Å². The lowest BCUT2D eigenvalue weighted by Gasteiger charge is -2.27. The number of aromatic nitrogens is 1. The van der Waals surface area contributed by atoms with Crippen LogP contribution in [0.2, 0.25) is 5.15 Å². The quantitative estimate of drug-likeness (QED) is 0.395. The zero-order valence-corrected chi connectivity index (χ0v) is 16.3. The van der Waals surface area contributed by atoms with Crippen molar-refractivity contribution < 1.29 is 22.8 Å². The Hall–Kier alpha value is -2.26. The Bertz CT molecular complexity index is 919. The SMILES string of the molecule is CC1(C)C(=O)N(c2ccc(SC(F)(F)F)cc2)C(=O)N1Cc1c[c]nc(Cl)c1. The van der Waals surface area contributed by atoms with Gasteiger partial charge in [-0.2, -0.15) is 13.2 Å². The average molecular weight is 429 g/mol. The van der Waals surface area contributed by atoms with Gasteiger partial charge >= 0.3 is 11.5 Å². The summed E-state index contributed by atoms with van der Waals surface area (Å²) in [6.45, 7) is 3.32. The van der Waals surface area contributed by atoms with E-state index < -0.39 is 23.0 Å². The van der Waals surface area contributed by atoms with E-state index in [2.05, 4.69) is 11.2 Å². The third kappa shape index (κ3) is 4.10. The number of imide groups is 1. The number of urea groups is 1. The van der Waals surface area contributed by atoms with Crippen molar-refractivity contribution in [3.63, 3.8) is 0 Å². The minimum absolute atomic E-state index is 0.0339. The van der Waals surface area contributed by atoms with Gasteiger partial charge in [0.15, 0.2) is 0 Å². The van der Waals surface area contributed by atoms with Gasteiger partial charge in [-0.3, -0.25) is 4.79 Å². The molecule has 28 heavy (non-hydrogen) atoms. The minimum Gasteiger partial charge on any atom is -0.305 e. The fraction of sp³-hybridized carbons (Fsp3) is 0.278. The van der Waals surface area contributed by atoms with Crippen LogP contribution in [-0.2, 0) is 11.3 Å². The molecule has 1 saturated heterocycles. The molecule has 0 unspecified atom stereocenters. The molecule has 10 heteroatoms. The third-order valence-corrected chi connectivity index (χ3v) is 5.15. The molecule has 1 aromatic carbocycles. The van der Waals surface area contributed by atoms with Crippen LogP contribution in [0, 0.1) is 6.20 Å². The number of anilines is 1. The maximum Gasteiger partial charge on any atom is 0.446 e. The van der Waals surface area contributed by atoms with E-state index in [-0.39, 0.29) is 34.0 Å². The smallest absolute Gasteiger partial charge is 0.305 e. The number of rotatable bonds is 4. The van der Waals surface area contributed by atoms with Crippen molar-refractivity contribution in [2.45, 2.75) is 36.3 Å². The molecule has 2 heterocycles. The van der Waals surface area contributed by atoms with E-state index in [1.807, 2.05) is 0 Å². The molecule has 1 fully saturated rings. The monoisotopic (exact) mass is 428 g/mol. The summed E-state index contributed by atoms with van der Waals surface area (Å²) in [7, 11) is 0. The number of nitrogens with zero attached hydrogens (tertiary/aromatic N) is 3. The molecule has 0 spiro atoms. The lowest BCUT2D eigenvalue weighted by molar-refractivity contribution is -0.123. The van der Waals surface area contributed by atoms with Crippen LogP contribution in [0.1, 0.15) is 19.4 Å². The molecule has 3 rings (SSSR count). The van der Waals surface area contributed by atoms with Gasteiger partial charge in [0.25, 0.3) is 5.91 Å². The molecule has 1 aliphatic heterocycles. The molecule has 2 aromatic rings. The standard InChI is InChI=1S/C18H14ClF3N3O2S/c1-17(2)15(26)25(12-3-5-13(6-4-12)28-18(20,21)22)16(27)24(17)10-11-7-8-23-14(19)9-11/h3-7,9H,10H2,1-2H3. The number of hydrogen-bond donors (Lipinski definition) is 0. The number of thioether (sulfide) groups is 1. The summed E-state index contributed by atoms with van der Waals surface area (Å²) in [4.78, 5) is 31.8. The largest absolute Gasteiger partial charge is 0.446 e. The van der Waals surface area contributed by atoms with Gasteiger partial charge in [-0.15, -0.1) is 0 Å². The molecule has 3 amide bonds. The lowest BCUT2D eigenvalue weighted by Crippen LogP contribution is -2.43. The molecule has 0 saturated carbocycles. The van der Waals surface area contributed by atoms with Crippen molar-refractivity contribution in [1.82, 2.24) is 9.88 Å². The Morgan fingerprint density at radius 1 is 1.21 bits per heavy atom. The zero-order chi connectivity index (χ0) is 20.7. The lowest BCUT2D eigenvalue weighted by atomic mass is 10.0. The Morgan fingerprint density at radius 3 is 2.43 bits per heavy atom. The van der Waals surface area contributed by atoms with Crippen molar-refractivity contribution in [3.8, 4) is 0 Å². The fourth-order valence-corrected chi connectivity index (χ4v) is 3.53. The molecule has 5 nitrogen and oxygen atoms in total. The zero-order valence-electron chi connectivity index (χ0n) is 14.7. The van der Waals surface area contributed by atoms with Crippen LogP contribution in [0.15, 0.2) is 41.3 Å². The molecule has 147 valence electrons. The Morgan fingerprint density at radius 2 is 1.86 bits per heavy atom. The summed E-state index contributed by atoms with van der Waals surface area (Å²) in [5.41, 5.74) is -4.71. The van der Waals surface area contributed by atoms with Crippen LogP contribution in [0.5, 0.6) is 0 Å². The number of carbonyl (C=O) groups excluding carboxylic acids is 2. The van der Waals surface area contributed by atoms with E-state index in [4.69, 9.17) is 11.6 Å². The van der Waals surface area contributed by atoms with E-state index in [9.17, 15) is 22.8 Å². The highest BCUT2D eigenvalue weighted by Gasteiger charge is 2.51. The molecule has 0 N–H and O–H groups in total. The van der Waals surface area contributed by atoms with Crippen molar-refractivity contribution in [2.75, 3.05) is 4.90 Å². The highest BCUT2D eigenvalue weighted by Crippen LogP contribution is 2.38. The molecule has 1 radical (unpaired) electrons. The predicted molar refractivity (Wildman–Crippen MR) is 98.9 cm³/mol. The van der Waals surface area contributed by atoms with Gasteiger partial charge < -0.3 is 4.90 Å². The fourth-order valence-electron chi connectivity index (χ4n) is 2.80. The van der Waals surface area contributed by atoms with Crippen LogP contribution in [0.4, 0.5) is 23.7 Å². The van der Waals surface area contributed by atoms with Crippen LogP contribution >= 0.6 is 23.4 Å². The summed E-state index contributed by atoms with van der Waals surface area (Å²) in [5.74, 6) is -0.474. The molecule has 1 aliphatic rings. The highest BCUT2D eigenvalue weighted by atomic mass is 35.5. The van der Waals surface area contributed by atoms with Gasteiger partial charge in [0.2, 0.25) is 0 Å². The first kappa shape index (κ1) is 20.5. The first-order valence-electron chi connectivity index (χ1n) is 8.03. The second-order valence-corrected chi connectivity index (χ2v) is 8.06. The summed E-state index contributed by atoms with van der Waals surface area (Å²) >= 11 is 5.58. The molecular formula is C18H14ClF3N3O2S. The number of pyridine rings is 1. The molecule has 0 aliphatic carbocycles. The van der Waals surface area contributed by atoms with E-state index >= 15 is 0 Å². The summed E-state index contributed by atoms with van der Waals surface area (Å²) in [5, 5.41) is 0.211. The second-order valence-electron chi connectivity index (χ2n) is 6.54. The first-order chi connectivity index (χ1) is 13.0. The summed E-state index contributed by atoms with van der Waals surface area (Å²) in [6, 6.07) is 7.64. The Kier molecular flexibility index (Phi) is 5.33. The predicted octanol–water partition coefficient (Wildman–Crippen LogP) is 4.89. The van der Waals surface area contributed by atoms with Crippen molar-refractivity contribution >= 4 is 41.0 Å². The molecular weight excluding hydrogens is 415 g/mol. The highest BCUT2D eigenvalue weighted by molar-refractivity contribution is 8.00. The van der Waals surface area contributed by atoms with Crippen LogP contribution in [0.3, 0.4) is 0 Å². The number of alkyl halides is 3. The van der Waals surface area contributed by atoms with Crippen molar-refractivity contribution in [1.29, 1.82) is 0 Å². The summed E-state index contributed by atoms with van der Waals surface area (Å²) in [6.07, 6.45) is 2.61. The summed E-state index contributed by atoms with van der Waals surface area (Å²) < 4.78 is 37.4. The Labute approximate surface area is 168 Å². The minimum atomic E-state index is -4.41. The number of halogens is 4. The second kappa shape index (κ2) is 7.29. The molecule has 0 bridgehead atoms. The van der Waals surface area contributed by atoms with Gasteiger partial charge in [0.05, 0.1) is 11.9 Å². The Balaban J connectivity index is 1.86. The van der Waals surface area contributed by atoms with E-state index in [0.717, 1.165) is 4.90 Å². The van der Waals surface area contributed by atoms with Gasteiger partial charge in [-0.05, 0) is 67.6 Å². The van der Waals surface area contributed by atoms with Crippen LogP contribution in [-0.4, -0.2) is 32.9 Å². The maximum atomic E-state index is 12.9. The van der Waals surface area contributed by atoms with Crippen LogP contribution in [0.25, 0.3) is 0 Å². The van der Waals surface area contributed by atoms with Gasteiger partial charge in [0, 0.05) is 11.4 Å². The normalized spacial score (nSPS) is 16.8. The topological polar surface area (TPSA) is 53.5 Å². The third-order valence-electron chi connectivity index (χ3n) is 4.22. The van der Waals surface area contributed by atoms with Crippen LogP contribution < -0.4 is 4.90 Å². The maximum absolute atomic E-state index is 12.9. The molecule has 0 atom stereocenters. The number of carbonyl (C=O) groups is 2. The van der Waals surface area contributed by atoms with Gasteiger partial charge in [0.1, 0.15) is 10.7 Å². The van der Waals surface area contributed by atoms with Crippen molar-refractivity contribution in [2.24, 2.45) is 0 Å². The average Bonchev–Trinajstić information content (AvgIpc) is 2.75.